The Hall–Kier alpha value is -4.85. The smallest absolute Gasteiger partial charge is 0.256 e. The molecular weight excluding hydrogens is 666 g/mol. The van der Waals surface area contributed by atoms with E-state index in [9.17, 15) is 58.7 Å². The third-order valence-electron chi connectivity index (χ3n) is 5.52. The molecule has 0 spiro atoms. The van der Waals surface area contributed by atoms with Gasteiger partial charge in [-0.15, -0.1) is 0 Å². The highest BCUT2D eigenvalue weighted by molar-refractivity contribution is 7.86. The Morgan fingerprint density at radius 3 is 1.24 bits per heavy atom. The van der Waals surface area contributed by atoms with Gasteiger partial charge in [-0.3, -0.25) is 20.4 Å². The summed E-state index contributed by atoms with van der Waals surface area (Å²) in [5.41, 5.74) is 0.403. The van der Waals surface area contributed by atoms with E-state index < -0.39 is 94.9 Å². The molecule has 0 saturated heterocycles. The van der Waals surface area contributed by atoms with Crippen LogP contribution in [-0.2, 0) is 30.4 Å². The van der Waals surface area contributed by atoms with Crippen molar-refractivity contribution in [3.05, 3.63) is 85.8 Å². The number of aromatic hydroxyl groups is 2. The van der Waals surface area contributed by atoms with Crippen LogP contribution in [0.25, 0.3) is 10.8 Å². The Morgan fingerprint density at radius 2 is 0.867 bits per heavy atom. The van der Waals surface area contributed by atoms with Crippen molar-refractivity contribution in [3.8, 4) is 11.5 Å². The van der Waals surface area contributed by atoms with Crippen LogP contribution in [0.1, 0.15) is 0 Å². The molecular formula is C22H25N7O13S3. The molecule has 4 aromatic rings. The normalized spacial score (nSPS) is 12.5. The lowest BCUT2D eigenvalue weighted by Gasteiger charge is -2.11. The minimum Gasteiger partial charge on any atom is -0.744 e. The third kappa shape index (κ3) is 8.01. The molecule has 23 heteroatoms. The molecule has 0 amide bonds. The van der Waals surface area contributed by atoms with Crippen LogP contribution in [0, 0.1) is 0 Å². The summed E-state index contributed by atoms with van der Waals surface area (Å²) in [6.07, 6.45) is 0. The molecule has 0 heterocycles. The van der Waals surface area contributed by atoms with Crippen molar-refractivity contribution in [2.45, 2.75) is 14.7 Å². The summed E-state index contributed by atoms with van der Waals surface area (Å²) in [7, 11) is -15.1. The zero-order chi connectivity index (χ0) is 31.2. The van der Waals surface area contributed by atoms with Crippen molar-refractivity contribution in [1.82, 2.24) is 18.5 Å². The summed E-state index contributed by atoms with van der Waals surface area (Å²) in [4.78, 5) is 23.6. The molecule has 4 aromatic carbocycles. The van der Waals surface area contributed by atoms with Gasteiger partial charge in [-0.1, -0.05) is 6.07 Å². The van der Waals surface area contributed by atoms with Crippen LogP contribution in [0.15, 0.2) is 89.1 Å². The number of rotatable bonds is 7. The fourth-order valence-corrected chi connectivity index (χ4v) is 5.01. The Kier molecular flexibility index (Phi) is 11.4. The fourth-order valence-electron chi connectivity index (χ4n) is 3.52. The predicted octanol–water partition coefficient (Wildman–Crippen LogP) is -0.456. The van der Waals surface area contributed by atoms with Crippen molar-refractivity contribution in [3.63, 3.8) is 0 Å². The molecule has 0 aliphatic rings. The second kappa shape index (κ2) is 13.4. The van der Waals surface area contributed by atoms with E-state index in [1.165, 1.54) is 0 Å². The van der Waals surface area contributed by atoms with E-state index in [0.29, 0.717) is 18.2 Å². The van der Waals surface area contributed by atoms with E-state index in [1.807, 2.05) is 0 Å². The number of hydrogen-bond donors (Lipinski definition) is 7. The van der Waals surface area contributed by atoms with Gasteiger partial charge in [0, 0.05) is 10.8 Å². The SMILES string of the molecule is O=c1c(=O)c(=NNc2cc(S(=O)(=O)[O-])ccc2O)c2cc(S(=O)(=O)[O-])ccc2c1=NNc1cc(S(=O)(=O)[O-])ccc1O.[NH4+].[NH4+].[NH4+]. The molecule has 20 nitrogen and oxygen atoms in total. The van der Waals surface area contributed by atoms with Crippen LogP contribution >= 0.6 is 0 Å². The maximum atomic E-state index is 13.0. The number of benzene rings is 4. The van der Waals surface area contributed by atoms with Gasteiger partial charge in [0.1, 0.15) is 52.6 Å². The fraction of sp³-hybridized carbons (Fsp3) is 0. The summed E-state index contributed by atoms with van der Waals surface area (Å²) >= 11 is 0. The number of phenols is 2. The molecule has 0 aliphatic carbocycles. The minimum absolute atomic E-state index is 0. The lowest BCUT2D eigenvalue weighted by molar-refractivity contribution is 0.459. The first-order valence-electron chi connectivity index (χ1n) is 10.8. The zero-order valence-corrected chi connectivity index (χ0v) is 25.6. The Balaban J connectivity index is 0.00000337. The second-order valence-corrected chi connectivity index (χ2v) is 12.4. The highest BCUT2D eigenvalue weighted by Gasteiger charge is 2.15. The van der Waals surface area contributed by atoms with Crippen LogP contribution in [0.4, 0.5) is 11.4 Å². The Morgan fingerprint density at radius 1 is 0.533 bits per heavy atom. The number of phenolic OH excluding ortho intramolecular Hbond substituents is 2. The van der Waals surface area contributed by atoms with Gasteiger partial charge in [0.05, 0.1) is 26.1 Å². The van der Waals surface area contributed by atoms with Gasteiger partial charge >= 0.3 is 0 Å². The summed E-state index contributed by atoms with van der Waals surface area (Å²) in [6.45, 7) is 0. The van der Waals surface area contributed by atoms with Crippen LogP contribution in [-0.4, -0.2) is 49.1 Å². The summed E-state index contributed by atoms with van der Waals surface area (Å²) in [6, 6.07) is 6.94. The number of anilines is 2. The number of nitrogens with zero attached hydrogens (tertiary/aromatic N) is 2. The average Bonchev–Trinajstić information content (AvgIpc) is 2.88. The van der Waals surface area contributed by atoms with Gasteiger partial charge in [-0.25, -0.2) is 25.3 Å². The number of fused-ring (bicyclic) bond motifs is 1. The van der Waals surface area contributed by atoms with E-state index >= 15 is 0 Å². The highest BCUT2D eigenvalue weighted by Crippen LogP contribution is 2.27. The summed E-state index contributed by atoms with van der Waals surface area (Å²) in [5, 5.41) is 25.1. The van der Waals surface area contributed by atoms with Crippen molar-refractivity contribution in [2.75, 3.05) is 10.9 Å². The number of quaternary nitrogens is 3. The van der Waals surface area contributed by atoms with Gasteiger partial charge in [0.2, 0.25) is 0 Å². The Bertz CT molecular complexity index is 2360. The van der Waals surface area contributed by atoms with Gasteiger partial charge in [0.25, 0.3) is 10.9 Å². The largest absolute Gasteiger partial charge is 0.744 e. The molecule has 0 unspecified atom stereocenters. The quantitative estimate of drug-likeness (QED) is 0.0558. The van der Waals surface area contributed by atoms with Crippen LogP contribution in [0.3, 0.4) is 0 Å². The molecule has 4 rings (SSSR count). The maximum absolute atomic E-state index is 13.0. The van der Waals surface area contributed by atoms with E-state index in [0.717, 1.165) is 36.4 Å². The first kappa shape index (κ1) is 38.2. The standard InChI is InChI=1S/C22H16N4O13S3.3H3N/c27-17-5-2-11(41(34,35)36)8-15(17)23-25-19-13-4-1-10(40(31,32)33)7-14(13)20(22(30)21(19)29)26-24-16-9-12(42(37,38)39)3-6-18(16)28;;;/h1-9,23-24,27-28H,(H,31,32,33)(H,34,35,36)(H,37,38,39);3*1H3. The molecule has 0 saturated carbocycles. The third-order valence-corrected chi connectivity index (χ3v) is 8.01. The summed E-state index contributed by atoms with van der Waals surface area (Å²) in [5.74, 6) is -1.27. The van der Waals surface area contributed by atoms with E-state index in [-0.39, 0.29) is 23.8 Å². The van der Waals surface area contributed by atoms with Crippen molar-refractivity contribution in [2.24, 2.45) is 10.2 Å². The molecule has 0 atom stereocenters. The summed E-state index contributed by atoms with van der Waals surface area (Å²) < 4.78 is 103. The average molecular weight is 692 g/mol. The van der Waals surface area contributed by atoms with Crippen LogP contribution < -0.4 is 50.9 Å². The van der Waals surface area contributed by atoms with Crippen molar-refractivity contribution in [1.29, 1.82) is 0 Å². The number of nitrogens with one attached hydrogen (secondary N) is 2. The Labute approximate surface area is 252 Å². The van der Waals surface area contributed by atoms with Crippen LogP contribution in [0.2, 0.25) is 0 Å². The molecule has 0 aromatic heterocycles. The molecule has 16 N–H and O–H groups in total. The highest BCUT2D eigenvalue weighted by atomic mass is 32.2. The molecule has 244 valence electrons. The topological polar surface area (TPSA) is 404 Å². The first-order chi connectivity index (χ1) is 19.4. The molecule has 0 aliphatic heterocycles. The lowest BCUT2D eigenvalue weighted by Crippen LogP contribution is -2.48. The molecule has 45 heavy (non-hydrogen) atoms. The van der Waals surface area contributed by atoms with Gasteiger partial charge in [0.15, 0.2) is 0 Å². The van der Waals surface area contributed by atoms with Crippen molar-refractivity contribution >= 4 is 52.5 Å². The predicted molar refractivity (Wildman–Crippen MR) is 155 cm³/mol. The van der Waals surface area contributed by atoms with Crippen LogP contribution in [0.5, 0.6) is 11.5 Å². The van der Waals surface area contributed by atoms with E-state index in [4.69, 9.17) is 0 Å². The zero-order valence-electron chi connectivity index (χ0n) is 23.2. The minimum atomic E-state index is -5.12. The van der Waals surface area contributed by atoms with Gasteiger partial charge in [-0.2, -0.15) is 10.2 Å². The lowest BCUT2D eigenvalue weighted by atomic mass is 10.1. The number of hydrogen-bond acceptors (Lipinski definition) is 17. The van der Waals surface area contributed by atoms with Crippen molar-refractivity contribution < 1.29 is 49.1 Å². The molecule has 0 radical (unpaired) electrons. The van der Waals surface area contributed by atoms with Gasteiger partial charge < -0.3 is 42.3 Å². The van der Waals surface area contributed by atoms with E-state index in [2.05, 4.69) is 21.1 Å². The van der Waals surface area contributed by atoms with E-state index in [1.54, 1.807) is 0 Å². The molecule has 0 fully saturated rings. The molecule has 0 bridgehead atoms. The van der Waals surface area contributed by atoms with Gasteiger partial charge in [-0.05, 0) is 48.5 Å². The first-order valence-corrected chi connectivity index (χ1v) is 15.1. The maximum Gasteiger partial charge on any atom is 0.256 e. The monoisotopic (exact) mass is 691 g/mol. The second-order valence-electron chi connectivity index (χ2n) is 8.23.